The van der Waals surface area contributed by atoms with Crippen LogP contribution in [0.2, 0.25) is 0 Å². The van der Waals surface area contributed by atoms with Crippen molar-refractivity contribution >= 4 is 22.6 Å². The Morgan fingerprint density at radius 3 is 2.52 bits per heavy atom. The van der Waals surface area contributed by atoms with Crippen LogP contribution in [0.15, 0.2) is 30.5 Å². The highest BCUT2D eigenvalue weighted by Gasteiger charge is 2.38. The molecular formula is C16H20F3N3O3. The summed E-state index contributed by atoms with van der Waals surface area (Å²) >= 11 is 0. The number of rotatable bonds is 5. The normalized spacial score (nSPS) is 11.1. The minimum Gasteiger partial charge on any atom is -0.506 e. The number of nitrogens with zero attached hydrogens (tertiary/aromatic N) is 2. The van der Waals surface area contributed by atoms with Gasteiger partial charge in [0.05, 0.1) is 0 Å². The minimum absolute atomic E-state index is 0.225. The molecule has 0 fully saturated rings. The van der Waals surface area contributed by atoms with Crippen molar-refractivity contribution in [2.75, 3.05) is 32.5 Å². The second-order valence-electron chi connectivity index (χ2n) is 5.46. The van der Waals surface area contributed by atoms with E-state index >= 15 is 0 Å². The third-order valence-electron chi connectivity index (χ3n) is 3.04. The first kappa shape index (κ1) is 20.5. The van der Waals surface area contributed by atoms with E-state index in [1.807, 2.05) is 18.2 Å². The van der Waals surface area contributed by atoms with Crippen LogP contribution in [0.3, 0.4) is 0 Å². The Balaban J connectivity index is 0.000000381. The largest absolute Gasteiger partial charge is 0.506 e. The fraction of sp³-hybridized carbons (Fsp3) is 0.375. The number of hydrogen-bond donors (Lipinski definition) is 3. The zero-order valence-corrected chi connectivity index (χ0v) is 13.8. The van der Waals surface area contributed by atoms with Gasteiger partial charge in [-0.1, -0.05) is 6.07 Å². The van der Waals surface area contributed by atoms with Gasteiger partial charge >= 0.3 is 12.1 Å². The van der Waals surface area contributed by atoms with Crippen LogP contribution in [-0.4, -0.2) is 59.4 Å². The van der Waals surface area contributed by atoms with Gasteiger partial charge in [-0.2, -0.15) is 13.2 Å². The third kappa shape index (κ3) is 7.25. The van der Waals surface area contributed by atoms with E-state index < -0.39 is 12.1 Å². The average Bonchev–Trinajstić information content (AvgIpc) is 2.51. The predicted octanol–water partition coefficient (Wildman–Crippen LogP) is 2.94. The first-order valence-corrected chi connectivity index (χ1v) is 7.37. The van der Waals surface area contributed by atoms with Gasteiger partial charge in [0.2, 0.25) is 0 Å². The molecule has 1 heterocycles. The average molecular weight is 359 g/mol. The molecule has 2 rings (SSSR count). The Morgan fingerprint density at radius 2 is 1.96 bits per heavy atom. The number of hydrogen-bond acceptors (Lipinski definition) is 5. The molecule has 0 aliphatic heterocycles. The molecule has 3 N–H and O–H groups in total. The highest BCUT2D eigenvalue weighted by molar-refractivity contribution is 5.87. The first-order chi connectivity index (χ1) is 11.6. The summed E-state index contributed by atoms with van der Waals surface area (Å²) in [6.07, 6.45) is -2.33. The van der Waals surface area contributed by atoms with Crippen molar-refractivity contribution in [1.29, 1.82) is 0 Å². The highest BCUT2D eigenvalue weighted by Crippen LogP contribution is 2.26. The number of halogens is 3. The topological polar surface area (TPSA) is 85.7 Å². The third-order valence-corrected chi connectivity index (χ3v) is 3.04. The van der Waals surface area contributed by atoms with Gasteiger partial charge in [-0.15, -0.1) is 0 Å². The lowest BCUT2D eigenvalue weighted by molar-refractivity contribution is -0.192. The number of carbonyl (C=O) groups is 1. The molecule has 138 valence electrons. The van der Waals surface area contributed by atoms with Gasteiger partial charge in [-0.25, -0.2) is 4.79 Å². The van der Waals surface area contributed by atoms with Gasteiger partial charge in [0.15, 0.2) is 0 Å². The number of nitrogens with one attached hydrogen (secondary N) is 1. The van der Waals surface area contributed by atoms with Crippen molar-refractivity contribution in [1.82, 2.24) is 9.88 Å². The molecule has 0 atom stereocenters. The lowest BCUT2D eigenvalue weighted by Crippen LogP contribution is -2.21. The number of aliphatic carboxylic acids is 1. The lowest BCUT2D eigenvalue weighted by Gasteiger charge is -2.11. The number of pyridine rings is 1. The maximum Gasteiger partial charge on any atom is 0.490 e. The van der Waals surface area contributed by atoms with Crippen molar-refractivity contribution in [2.24, 2.45) is 0 Å². The van der Waals surface area contributed by atoms with E-state index in [-0.39, 0.29) is 5.75 Å². The number of phenols is 1. The van der Waals surface area contributed by atoms with Gasteiger partial charge in [0.1, 0.15) is 11.3 Å². The van der Waals surface area contributed by atoms with E-state index in [4.69, 9.17) is 9.90 Å². The van der Waals surface area contributed by atoms with Crippen LogP contribution >= 0.6 is 0 Å². The molecule has 0 aliphatic rings. The van der Waals surface area contributed by atoms with Gasteiger partial charge in [-0.05, 0) is 39.2 Å². The van der Waals surface area contributed by atoms with Crippen molar-refractivity contribution in [3.8, 4) is 5.75 Å². The number of anilines is 1. The fourth-order valence-corrected chi connectivity index (χ4v) is 1.90. The number of carboxylic acid groups (broad SMARTS) is 1. The molecule has 0 saturated heterocycles. The second kappa shape index (κ2) is 9.07. The molecule has 0 unspecified atom stereocenters. The fourth-order valence-electron chi connectivity index (χ4n) is 1.90. The number of benzene rings is 1. The van der Waals surface area contributed by atoms with Crippen LogP contribution < -0.4 is 5.32 Å². The van der Waals surface area contributed by atoms with Crippen LogP contribution in [0.25, 0.3) is 10.9 Å². The summed E-state index contributed by atoms with van der Waals surface area (Å²) in [5.41, 5.74) is 1.59. The van der Waals surface area contributed by atoms with E-state index in [9.17, 15) is 18.3 Å². The Morgan fingerprint density at radius 1 is 1.32 bits per heavy atom. The number of carboxylic acids is 1. The molecule has 6 nitrogen and oxygen atoms in total. The molecular weight excluding hydrogens is 339 g/mol. The van der Waals surface area contributed by atoms with Crippen LogP contribution in [0.1, 0.15) is 6.42 Å². The number of aromatic hydroxyl groups is 1. The van der Waals surface area contributed by atoms with Crippen LogP contribution in [-0.2, 0) is 4.79 Å². The van der Waals surface area contributed by atoms with E-state index in [0.717, 1.165) is 30.6 Å². The van der Waals surface area contributed by atoms with Gasteiger partial charge in [0, 0.05) is 29.9 Å². The zero-order valence-electron chi connectivity index (χ0n) is 13.8. The Hall–Kier alpha value is -2.55. The lowest BCUT2D eigenvalue weighted by atomic mass is 10.2. The van der Waals surface area contributed by atoms with Crippen molar-refractivity contribution in [2.45, 2.75) is 12.6 Å². The number of phenolic OH excluding ortho intramolecular Hbond substituents is 1. The maximum absolute atomic E-state index is 10.6. The molecule has 9 heteroatoms. The van der Waals surface area contributed by atoms with Crippen LogP contribution in [0, 0.1) is 0 Å². The molecule has 0 amide bonds. The smallest absolute Gasteiger partial charge is 0.490 e. The van der Waals surface area contributed by atoms with Gasteiger partial charge < -0.3 is 20.4 Å². The quantitative estimate of drug-likeness (QED) is 0.712. The highest BCUT2D eigenvalue weighted by atomic mass is 19.4. The predicted molar refractivity (Wildman–Crippen MR) is 88.8 cm³/mol. The second-order valence-corrected chi connectivity index (χ2v) is 5.46. The number of alkyl halides is 3. The van der Waals surface area contributed by atoms with E-state index in [1.165, 1.54) is 0 Å². The Labute approximate surface area is 142 Å². The van der Waals surface area contributed by atoms with E-state index in [2.05, 4.69) is 29.3 Å². The van der Waals surface area contributed by atoms with Crippen molar-refractivity contribution in [3.63, 3.8) is 0 Å². The van der Waals surface area contributed by atoms with Crippen LogP contribution in [0.4, 0.5) is 18.9 Å². The monoisotopic (exact) mass is 359 g/mol. The molecule has 1 aromatic carbocycles. The summed E-state index contributed by atoms with van der Waals surface area (Å²) < 4.78 is 31.7. The molecule has 1 aromatic heterocycles. The summed E-state index contributed by atoms with van der Waals surface area (Å²) in [5, 5.41) is 21.3. The summed E-state index contributed by atoms with van der Waals surface area (Å²) in [7, 11) is 4.13. The summed E-state index contributed by atoms with van der Waals surface area (Å²) in [6.45, 7) is 1.94. The molecule has 0 aliphatic carbocycles. The summed E-state index contributed by atoms with van der Waals surface area (Å²) in [6, 6.07) is 7.56. The molecule has 0 spiro atoms. The van der Waals surface area contributed by atoms with Crippen molar-refractivity contribution in [3.05, 3.63) is 30.5 Å². The Bertz CT molecular complexity index is 706. The van der Waals surface area contributed by atoms with Crippen molar-refractivity contribution < 1.29 is 28.2 Å². The Kier molecular flexibility index (Phi) is 7.43. The number of aromatic nitrogens is 1. The maximum atomic E-state index is 10.6. The molecule has 0 radical (unpaired) electrons. The molecule has 2 aromatic rings. The minimum atomic E-state index is -5.08. The standard InChI is InChI=1S/C14H19N3O.C2HF3O2/c1-17(2)8-4-7-15-12-9-11-5-3-6-16-14(11)13(18)10-12;3-2(4,5)1(6)7/h3,5-6,9-10,15,18H,4,7-8H2,1-2H3;(H,6,7). The van der Waals surface area contributed by atoms with Gasteiger partial charge in [0.25, 0.3) is 0 Å². The molecule has 0 saturated carbocycles. The van der Waals surface area contributed by atoms with Crippen LogP contribution in [0.5, 0.6) is 5.75 Å². The zero-order chi connectivity index (χ0) is 19.0. The van der Waals surface area contributed by atoms with Gasteiger partial charge in [-0.3, -0.25) is 4.98 Å². The SMILES string of the molecule is CN(C)CCCNc1cc(O)c2ncccc2c1.O=C(O)C(F)(F)F. The first-order valence-electron chi connectivity index (χ1n) is 7.37. The number of fused-ring (bicyclic) bond motifs is 1. The summed E-state index contributed by atoms with van der Waals surface area (Å²) in [4.78, 5) is 15.2. The van der Waals surface area contributed by atoms with E-state index in [1.54, 1.807) is 12.3 Å². The molecule has 0 bridgehead atoms. The molecule has 25 heavy (non-hydrogen) atoms. The van der Waals surface area contributed by atoms with E-state index in [0.29, 0.717) is 5.52 Å². The summed E-state index contributed by atoms with van der Waals surface area (Å²) in [5.74, 6) is -2.53.